The van der Waals surface area contributed by atoms with E-state index in [1.807, 2.05) is 20.8 Å². The van der Waals surface area contributed by atoms with Crippen LogP contribution in [0.4, 0.5) is 0 Å². The number of benzene rings is 1. The van der Waals surface area contributed by atoms with Crippen molar-refractivity contribution in [2.24, 2.45) is 0 Å². The summed E-state index contributed by atoms with van der Waals surface area (Å²) in [7, 11) is 0. The van der Waals surface area contributed by atoms with Gasteiger partial charge in [0, 0.05) is 22.6 Å². The molecule has 1 aromatic heterocycles. The van der Waals surface area contributed by atoms with Crippen molar-refractivity contribution >= 4 is 34.4 Å². The Labute approximate surface area is 157 Å². The Morgan fingerprint density at radius 2 is 2.12 bits per heavy atom. The van der Waals surface area contributed by atoms with Gasteiger partial charge in [0.1, 0.15) is 11.6 Å². The molecule has 0 aliphatic carbocycles. The van der Waals surface area contributed by atoms with Gasteiger partial charge in [-0.2, -0.15) is 0 Å². The van der Waals surface area contributed by atoms with Crippen molar-refractivity contribution in [1.29, 1.82) is 0 Å². The van der Waals surface area contributed by atoms with E-state index in [2.05, 4.69) is 5.32 Å². The molecule has 0 radical (unpaired) electrons. The highest BCUT2D eigenvalue weighted by molar-refractivity contribution is 6.31. The van der Waals surface area contributed by atoms with Crippen LogP contribution in [0.25, 0.3) is 10.9 Å². The second-order valence-corrected chi connectivity index (χ2v) is 8.03. The van der Waals surface area contributed by atoms with Crippen LogP contribution >= 0.6 is 11.6 Å². The molecular weight excluding hydrogens is 356 g/mol. The fraction of sp³-hybridized carbons (Fsp3) is 0.474. The number of rotatable bonds is 4. The summed E-state index contributed by atoms with van der Waals surface area (Å²) in [5, 5.41) is 13.9. The van der Waals surface area contributed by atoms with Crippen molar-refractivity contribution in [3.05, 3.63) is 35.0 Å². The molecule has 1 aliphatic rings. The fourth-order valence-corrected chi connectivity index (χ4v) is 3.61. The summed E-state index contributed by atoms with van der Waals surface area (Å²) in [6, 6.07) is 4.23. The number of ether oxygens (including phenoxy) is 1. The number of carboxylic acids is 1. The van der Waals surface area contributed by atoms with Gasteiger partial charge in [-0.1, -0.05) is 17.7 Å². The first-order chi connectivity index (χ1) is 12.2. The Kier molecular flexibility index (Phi) is 4.99. The summed E-state index contributed by atoms with van der Waals surface area (Å²) in [5.74, 6) is -1.43. The number of carbonyl (C=O) groups excluding carboxylic acids is 1. The smallest absolute Gasteiger partial charge is 0.337 e. The largest absolute Gasteiger partial charge is 0.478 e. The Balaban J connectivity index is 2.15. The number of carbonyl (C=O) groups is 2. The van der Waals surface area contributed by atoms with Crippen molar-refractivity contribution in [3.8, 4) is 0 Å². The van der Waals surface area contributed by atoms with Gasteiger partial charge >= 0.3 is 11.9 Å². The Hall–Kier alpha value is -2.05. The molecule has 140 valence electrons. The number of esters is 1. The van der Waals surface area contributed by atoms with Crippen LogP contribution in [0.3, 0.4) is 0 Å². The number of carboxylic acid groups (broad SMARTS) is 1. The van der Waals surface area contributed by atoms with Crippen LogP contribution in [0, 0.1) is 0 Å². The molecule has 0 amide bonds. The standard InChI is InChI=1S/C19H23ClN2O4/c1-19(2,3)26-18(25)16(14-5-4-8-21-14)22-10-13(17(23)24)12-7-6-11(20)9-15(12)22/h6-7,9-10,14,16,21H,4-5,8H2,1-3H3,(H,23,24)/t14?,16-/m0/s1. The summed E-state index contributed by atoms with van der Waals surface area (Å²) in [6.45, 7) is 6.27. The predicted octanol–water partition coefficient (Wildman–Crippen LogP) is 3.63. The van der Waals surface area contributed by atoms with Gasteiger partial charge in [-0.3, -0.25) is 0 Å². The molecule has 0 bridgehead atoms. The highest BCUT2D eigenvalue weighted by atomic mass is 35.5. The average Bonchev–Trinajstić information content (AvgIpc) is 3.14. The fourth-order valence-electron chi connectivity index (χ4n) is 3.44. The van der Waals surface area contributed by atoms with Crippen LogP contribution in [-0.4, -0.2) is 39.8 Å². The van der Waals surface area contributed by atoms with Gasteiger partial charge in [0.2, 0.25) is 0 Å². The van der Waals surface area contributed by atoms with Gasteiger partial charge in [0.05, 0.1) is 11.1 Å². The lowest BCUT2D eigenvalue weighted by Crippen LogP contribution is -2.40. The summed E-state index contributed by atoms with van der Waals surface area (Å²) >= 11 is 6.14. The van der Waals surface area contributed by atoms with Gasteiger partial charge in [0.25, 0.3) is 0 Å². The molecule has 1 fully saturated rings. The first kappa shape index (κ1) is 18.7. The lowest BCUT2D eigenvalue weighted by Gasteiger charge is -2.29. The van der Waals surface area contributed by atoms with Crippen LogP contribution in [-0.2, 0) is 9.53 Å². The maximum absolute atomic E-state index is 13.0. The average molecular weight is 379 g/mol. The monoisotopic (exact) mass is 378 g/mol. The second kappa shape index (κ2) is 6.93. The maximum Gasteiger partial charge on any atom is 0.337 e. The molecule has 7 heteroatoms. The Morgan fingerprint density at radius 3 is 2.69 bits per heavy atom. The molecule has 3 rings (SSSR count). The third-order valence-corrected chi connectivity index (χ3v) is 4.69. The van der Waals surface area contributed by atoms with Gasteiger partial charge in [-0.25, -0.2) is 9.59 Å². The lowest BCUT2D eigenvalue weighted by molar-refractivity contribution is -0.159. The first-order valence-electron chi connectivity index (χ1n) is 8.67. The summed E-state index contributed by atoms with van der Waals surface area (Å²) in [5.41, 5.74) is 0.118. The molecule has 0 saturated carbocycles. The minimum atomic E-state index is -1.04. The number of fused-ring (bicyclic) bond motifs is 1. The number of aromatic nitrogens is 1. The predicted molar refractivity (Wildman–Crippen MR) is 99.8 cm³/mol. The van der Waals surface area contributed by atoms with Crippen molar-refractivity contribution < 1.29 is 19.4 Å². The van der Waals surface area contributed by atoms with Crippen molar-refractivity contribution in [2.75, 3.05) is 6.54 Å². The lowest BCUT2D eigenvalue weighted by atomic mass is 10.1. The Bertz CT molecular complexity index is 847. The normalized spacial score (nSPS) is 18.8. The molecule has 0 spiro atoms. The number of hydrogen-bond donors (Lipinski definition) is 2. The van der Waals surface area contributed by atoms with E-state index >= 15 is 0 Å². The quantitative estimate of drug-likeness (QED) is 0.794. The topological polar surface area (TPSA) is 80.6 Å². The Morgan fingerprint density at radius 1 is 1.38 bits per heavy atom. The van der Waals surface area contributed by atoms with Gasteiger partial charge in [0.15, 0.2) is 0 Å². The van der Waals surface area contributed by atoms with Crippen molar-refractivity contribution in [3.63, 3.8) is 0 Å². The van der Waals surface area contributed by atoms with Gasteiger partial charge in [-0.15, -0.1) is 0 Å². The molecular formula is C19H23ClN2O4. The van der Waals surface area contributed by atoms with Crippen LogP contribution in [0.5, 0.6) is 0 Å². The summed E-state index contributed by atoms with van der Waals surface area (Å²) in [6.07, 6.45) is 3.28. The zero-order chi connectivity index (χ0) is 19.1. The molecule has 2 aromatic rings. The molecule has 2 atom stereocenters. The minimum absolute atomic E-state index is 0.124. The van der Waals surface area contributed by atoms with Crippen LogP contribution in [0.2, 0.25) is 5.02 Å². The molecule has 1 aliphatic heterocycles. The number of nitrogens with one attached hydrogen (secondary N) is 1. The number of halogens is 1. The van der Waals surface area contributed by atoms with E-state index in [9.17, 15) is 14.7 Å². The zero-order valence-corrected chi connectivity index (χ0v) is 15.8. The van der Waals surface area contributed by atoms with E-state index in [4.69, 9.17) is 16.3 Å². The van der Waals surface area contributed by atoms with Crippen LogP contribution < -0.4 is 5.32 Å². The van der Waals surface area contributed by atoms with E-state index < -0.39 is 17.6 Å². The minimum Gasteiger partial charge on any atom is -0.478 e. The molecule has 1 saturated heterocycles. The van der Waals surface area contributed by atoms with E-state index in [0.29, 0.717) is 15.9 Å². The van der Waals surface area contributed by atoms with Gasteiger partial charge in [-0.05, 0) is 52.3 Å². The van der Waals surface area contributed by atoms with Crippen molar-refractivity contribution in [1.82, 2.24) is 9.88 Å². The van der Waals surface area contributed by atoms with E-state index in [-0.39, 0.29) is 17.6 Å². The molecule has 2 heterocycles. The SMILES string of the molecule is CC(C)(C)OC(=O)[C@H](C1CCCN1)n1cc(C(=O)O)c2ccc(Cl)cc21. The third kappa shape index (κ3) is 3.71. The highest BCUT2D eigenvalue weighted by Gasteiger charge is 2.36. The molecule has 1 aromatic carbocycles. The molecule has 6 nitrogen and oxygen atoms in total. The van der Waals surface area contributed by atoms with Crippen LogP contribution in [0.1, 0.15) is 50.0 Å². The summed E-state index contributed by atoms with van der Waals surface area (Å²) < 4.78 is 7.33. The van der Waals surface area contributed by atoms with E-state index in [0.717, 1.165) is 19.4 Å². The molecule has 2 N–H and O–H groups in total. The van der Waals surface area contributed by atoms with Crippen molar-refractivity contribution in [2.45, 2.75) is 51.3 Å². The highest BCUT2D eigenvalue weighted by Crippen LogP contribution is 2.32. The second-order valence-electron chi connectivity index (χ2n) is 7.60. The molecule has 26 heavy (non-hydrogen) atoms. The first-order valence-corrected chi connectivity index (χ1v) is 9.05. The summed E-state index contributed by atoms with van der Waals surface area (Å²) in [4.78, 5) is 24.7. The maximum atomic E-state index is 13.0. The van der Waals surface area contributed by atoms with Gasteiger partial charge < -0.3 is 19.7 Å². The number of hydrogen-bond acceptors (Lipinski definition) is 4. The zero-order valence-electron chi connectivity index (χ0n) is 15.1. The van der Waals surface area contributed by atoms with Crippen LogP contribution in [0.15, 0.2) is 24.4 Å². The van der Waals surface area contributed by atoms with E-state index in [1.165, 1.54) is 6.20 Å². The number of nitrogens with zero attached hydrogens (tertiary/aromatic N) is 1. The van der Waals surface area contributed by atoms with E-state index in [1.54, 1.807) is 22.8 Å². The molecule has 1 unspecified atom stereocenters. The number of aromatic carboxylic acids is 1. The third-order valence-electron chi connectivity index (χ3n) is 4.45.